The maximum Gasteiger partial charge on any atom is 0.163 e. The number of nitrogens with zero attached hydrogens (tertiary/aromatic N) is 3. The second-order valence-corrected chi connectivity index (χ2v) is 2.45. The van der Waals surface area contributed by atoms with Crippen LogP contribution in [0.1, 0.15) is 5.56 Å². The van der Waals surface area contributed by atoms with Crippen molar-refractivity contribution in [2.24, 2.45) is 10.2 Å². The van der Waals surface area contributed by atoms with Crippen molar-refractivity contribution in [3.8, 4) is 0 Å². The summed E-state index contributed by atoms with van der Waals surface area (Å²) >= 11 is 0. The molecule has 0 saturated carbocycles. The SMILES string of the molecule is CN=Nc1[c-]cc([N+](=O)[O-])cc1C.[Y]. The van der Waals surface area contributed by atoms with Crippen LogP contribution in [0.4, 0.5) is 11.4 Å². The van der Waals surface area contributed by atoms with Crippen molar-refractivity contribution in [3.05, 3.63) is 33.9 Å². The van der Waals surface area contributed by atoms with Gasteiger partial charge >= 0.3 is 0 Å². The van der Waals surface area contributed by atoms with E-state index in [1.54, 1.807) is 6.92 Å². The fourth-order valence-corrected chi connectivity index (χ4v) is 0.901. The predicted octanol–water partition coefficient (Wildman–Crippen LogP) is 2.41. The maximum atomic E-state index is 10.4. The fourth-order valence-electron chi connectivity index (χ4n) is 0.901. The number of hydrogen-bond donors (Lipinski definition) is 0. The van der Waals surface area contributed by atoms with Gasteiger partial charge in [0, 0.05) is 44.7 Å². The molecule has 6 heteroatoms. The number of non-ortho nitro benzene ring substituents is 1. The number of hydrogen-bond acceptors (Lipinski definition) is 4. The zero-order valence-corrected chi connectivity index (χ0v) is 10.7. The molecule has 1 aromatic carbocycles. The normalized spacial score (nSPS) is 9.86. The summed E-state index contributed by atoms with van der Waals surface area (Å²) in [6.45, 7) is 1.73. The van der Waals surface area contributed by atoms with E-state index < -0.39 is 4.92 Å². The van der Waals surface area contributed by atoms with Gasteiger partial charge in [-0.25, -0.2) is 0 Å². The smallest absolute Gasteiger partial charge is 0.163 e. The van der Waals surface area contributed by atoms with E-state index in [2.05, 4.69) is 16.3 Å². The average molecular weight is 267 g/mol. The zero-order chi connectivity index (χ0) is 9.84. The number of benzene rings is 1. The third kappa shape index (κ3) is 3.23. The molecule has 0 atom stereocenters. The van der Waals surface area contributed by atoms with Crippen LogP contribution in [-0.4, -0.2) is 12.0 Å². The van der Waals surface area contributed by atoms with Crippen LogP contribution < -0.4 is 0 Å². The Hall–Kier alpha value is -0.676. The number of azo groups is 1. The van der Waals surface area contributed by atoms with Crippen molar-refractivity contribution in [1.82, 2.24) is 0 Å². The van der Waals surface area contributed by atoms with Gasteiger partial charge in [-0.15, -0.1) is 11.6 Å². The van der Waals surface area contributed by atoms with Gasteiger partial charge in [0.2, 0.25) is 0 Å². The maximum absolute atomic E-state index is 10.4. The first-order valence-corrected chi connectivity index (χ1v) is 3.61. The average Bonchev–Trinajstić information content (AvgIpc) is 2.08. The third-order valence-electron chi connectivity index (χ3n) is 1.51. The van der Waals surface area contributed by atoms with E-state index in [1.165, 1.54) is 19.2 Å². The van der Waals surface area contributed by atoms with E-state index in [9.17, 15) is 10.1 Å². The Morgan fingerprint density at radius 3 is 2.64 bits per heavy atom. The second-order valence-electron chi connectivity index (χ2n) is 2.45. The molecule has 1 radical (unpaired) electrons. The Kier molecular flexibility index (Phi) is 5.64. The van der Waals surface area contributed by atoms with Crippen LogP contribution in [0.25, 0.3) is 0 Å². The molecule has 0 aliphatic rings. The third-order valence-corrected chi connectivity index (χ3v) is 1.51. The number of nitro benzene ring substituents is 1. The van der Waals surface area contributed by atoms with Gasteiger partial charge in [0.05, 0.1) is 0 Å². The van der Waals surface area contributed by atoms with Gasteiger partial charge in [-0.2, -0.15) is 10.2 Å². The van der Waals surface area contributed by atoms with Crippen molar-refractivity contribution in [3.63, 3.8) is 0 Å². The summed E-state index contributed by atoms with van der Waals surface area (Å²) in [5, 5.41) is 17.7. The van der Waals surface area contributed by atoms with Gasteiger partial charge in [-0.1, -0.05) is 19.1 Å². The molecule has 0 heterocycles. The molecule has 0 spiro atoms. The van der Waals surface area contributed by atoms with Crippen LogP contribution in [0.15, 0.2) is 22.4 Å². The van der Waals surface area contributed by atoms with Crippen LogP contribution in [0.2, 0.25) is 0 Å². The van der Waals surface area contributed by atoms with Crippen LogP contribution in [0.3, 0.4) is 0 Å². The summed E-state index contributed by atoms with van der Waals surface area (Å²) in [4.78, 5) is 9.89. The topological polar surface area (TPSA) is 67.9 Å². The first-order valence-electron chi connectivity index (χ1n) is 3.61. The minimum Gasteiger partial charge on any atom is -0.270 e. The van der Waals surface area contributed by atoms with Crippen molar-refractivity contribution < 1.29 is 37.6 Å². The predicted molar refractivity (Wildman–Crippen MR) is 47.1 cm³/mol. The van der Waals surface area contributed by atoms with Crippen LogP contribution in [0.5, 0.6) is 0 Å². The molecule has 0 aliphatic heterocycles. The summed E-state index contributed by atoms with van der Waals surface area (Å²) in [6.07, 6.45) is 0. The molecule has 5 nitrogen and oxygen atoms in total. The second kappa shape index (κ2) is 5.93. The largest absolute Gasteiger partial charge is 0.270 e. The summed E-state index contributed by atoms with van der Waals surface area (Å²) < 4.78 is 0. The quantitative estimate of drug-likeness (QED) is 0.357. The van der Waals surface area contributed by atoms with Crippen molar-refractivity contribution in [2.45, 2.75) is 6.92 Å². The first-order chi connectivity index (χ1) is 6.15. The molecule has 0 aromatic heterocycles. The van der Waals surface area contributed by atoms with Crippen LogP contribution in [0, 0.1) is 23.1 Å². The number of rotatable bonds is 2. The molecule has 0 aliphatic carbocycles. The van der Waals surface area contributed by atoms with Crippen molar-refractivity contribution >= 4 is 11.4 Å². The fraction of sp³-hybridized carbons (Fsp3) is 0.250. The number of nitro groups is 1. The molecule has 0 N–H and O–H groups in total. The van der Waals surface area contributed by atoms with Crippen LogP contribution in [-0.2, 0) is 32.7 Å². The standard InChI is InChI=1S/C8H8N3O2.Y/c1-6-5-7(11(12)13)3-4-8(6)10-9-2;/h3,5H,1-2H3;/q-1;. The van der Waals surface area contributed by atoms with Gasteiger partial charge in [-0.3, -0.25) is 10.1 Å². The monoisotopic (exact) mass is 267 g/mol. The Labute approximate surface area is 107 Å². The molecule has 1 rings (SSSR count). The molecule has 0 saturated heterocycles. The van der Waals surface area contributed by atoms with Crippen molar-refractivity contribution in [2.75, 3.05) is 7.05 Å². The molecule has 14 heavy (non-hydrogen) atoms. The Morgan fingerprint density at radius 2 is 2.21 bits per heavy atom. The van der Waals surface area contributed by atoms with Gasteiger partial charge in [-0.05, 0) is 5.69 Å². The summed E-state index contributed by atoms with van der Waals surface area (Å²) in [7, 11) is 1.54. The number of aryl methyl sites for hydroxylation is 1. The summed E-state index contributed by atoms with van der Waals surface area (Å²) in [5.41, 5.74) is 1.25. The van der Waals surface area contributed by atoms with Gasteiger partial charge in [0.25, 0.3) is 0 Å². The van der Waals surface area contributed by atoms with Gasteiger partial charge in [0.15, 0.2) is 5.69 Å². The molecule has 0 bridgehead atoms. The first kappa shape index (κ1) is 13.3. The minimum absolute atomic E-state index is 0. The molecule has 1 aromatic rings. The van der Waals surface area contributed by atoms with E-state index in [4.69, 9.17) is 0 Å². The Balaban J connectivity index is 0.00000169. The van der Waals surface area contributed by atoms with Crippen LogP contribution >= 0.6 is 0 Å². The van der Waals surface area contributed by atoms with Gasteiger partial charge in [0.1, 0.15) is 0 Å². The summed E-state index contributed by atoms with van der Waals surface area (Å²) in [5.74, 6) is 0. The molecule has 0 amide bonds. The van der Waals surface area contributed by atoms with E-state index >= 15 is 0 Å². The Bertz CT molecular complexity index is 366. The summed E-state index contributed by atoms with van der Waals surface area (Å²) in [6, 6.07) is 5.42. The van der Waals surface area contributed by atoms with Crippen molar-refractivity contribution in [1.29, 1.82) is 0 Å². The molecule has 0 fully saturated rings. The molecular weight excluding hydrogens is 259 g/mol. The van der Waals surface area contributed by atoms with E-state index in [-0.39, 0.29) is 38.4 Å². The van der Waals surface area contributed by atoms with E-state index in [0.717, 1.165) is 0 Å². The zero-order valence-electron chi connectivity index (χ0n) is 7.89. The molecular formula is C8H8N3O2Y-. The Morgan fingerprint density at radius 1 is 1.57 bits per heavy atom. The van der Waals surface area contributed by atoms with Gasteiger partial charge < -0.3 is 0 Å². The van der Waals surface area contributed by atoms with E-state index in [0.29, 0.717) is 11.3 Å². The minimum atomic E-state index is -0.462. The molecule has 0 unspecified atom stereocenters. The van der Waals surface area contributed by atoms with E-state index in [1.807, 2.05) is 0 Å². The molecule has 71 valence electrons.